The number of benzene rings is 1. The number of azide groups is 1. The molecule has 0 saturated carbocycles. The number of carbonyl (C=O) groups excluding carboxylic acids is 1. The van der Waals surface area contributed by atoms with Gasteiger partial charge in [-0.3, -0.25) is 19.3 Å². The lowest BCUT2D eigenvalue weighted by Crippen LogP contribution is -2.65. The molecule has 1 amide bonds. The van der Waals surface area contributed by atoms with E-state index in [2.05, 4.69) is 10.0 Å². The average molecular weight is 378 g/mol. The molecule has 142 valence electrons. The van der Waals surface area contributed by atoms with Crippen molar-refractivity contribution in [2.45, 2.75) is 18.2 Å². The normalized spacial score (nSPS) is 22.9. The van der Waals surface area contributed by atoms with Crippen molar-refractivity contribution in [2.24, 2.45) is 5.11 Å². The fourth-order valence-electron chi connectivity index (χ4n) is 3.85. The lowest BCUT2D eigenvalue weighted by Gasteiger charge is -2.51. The van der Waals surface area contributed by atoms with E-state index in [1.165, 1.54) is 18.1 Å². The third-order valence-corrected chi connectivity index (χ3v) is 5.09. The number of ether oxygens (including phenoxy) is 1. The molecule has 0 saturated heterocycles. The Morgan fingerprint density at radius 3 is 2.57 bits per heavy atom. The molecule has 1 aromatic carbocycles. The minimum atomic E-state index is -0.586. The topological polar surface area (TPSA) is 104 Å². The number of aromatic nitrogens is 1. The van der Waals surface area contributed by atoms with Crippen molar-refractivity contribution in [1.82, 2.24) is 9.58 Å². The first-order valence-corrected chi connectivity index (χ1v) is 8.71. The van der Waals surface area contributed by atoms with E-state index in [0.717, 1.165) is 5.56 Å². The highest BCUT2D eigenvalue weighted by Gasteiger charge is 2.45. The van der Waals surface area contributed by atoms with Gasteiger partial charge in [-0.25, -0.2) is 0 Å². The van der Waals surface area contributed by atoms with Gasteiger partial charge in [0.1, 0.15) is 6.17 Å². The van der Waals surface area contributed by atoms with Crippen LogP contribution in [0.25, 0.3) is 10.4 Å². The maximum atomic E-state index is 13.1. The zero-order valence-electron chi connectivity index (χ0n) is 15.3. The highest BCUT2D eigenvalue weighted by Crippen LogP contribution is 2.36. The molecule has 0 bridgehead atoms. The zero-order chi connectivity index (χ0) is 19.8. The molecular weight excluding hydrogens is 360 g/mol. The maximum Gasteiger partial charge on any atom is 0.277 e. The van der Waals surface area contributed by atoms with Crippen molar-refractivity contribution in [1.29, 1.82) is 0 Å². The van der Waals surface area contributed by atoms with Crippen molar-refractivity contribution in [3.05, 3.63) is 86.7 Å². The number of pyridine rings is 1. The number of amides is 1. The summed E-state index contributed by atoms with van der Waals surface area (Å²) >= 11 is 0. The Hall–Kier alpha value is -3.71. The quantitative estimate of drug-likeness (QED) is 0.353. The predicted octanol–water partition coefficient (Wildman–Crippen LogP) is 2.20. The first-order valence-electron chi connectivity index (χ1n) is 8.71. The van der Waals surface area contributed by atoms with E-state index in [1.54, 1.807) is 17.9 Å². The van der Waals surface area contributed by atoms with E-state index in [4.69, 9.17) is 10.3 Å². The number of rotatable bonds is 3. The number of hydrogen-bond acceptors (Lipinski definition) is 5. The number of methoxy groups -OCH3 is 1. The molecule has 0 aliphatic carbocycles. The Labute approximate surface area is 160 Å². The van der Waals surface area contributed by atoms with Crippen molar-refractivity contribution >= 4 is 5.91 Å². The fraction of sp³-hybridized carbons (Fsp3) is 0.263. The van der Waals surface area contributed by atoms with E-state index in [1.807, 2.05) is 47.5 Å². The van der Waals surface area contributed by atoms with Crippen molar-refractivity contribution < 1.29 is 9.53 Å². The Morgan fingerprint density at radius 1 is 1.14 bits per heavy atom. The first kappa shape index (κ1) is 17.7. The van der Waals surface area contributed by atoms with Gasteiger partial charge >= 0.3 is 0 Å². The third-order valence-electron chi connectivity index (χ3n) is 5.09. The van der Waals surface area contributed by atoms with Crippen LogP contribution in [0, 0.1) is 0 Å². The van der Waals surface area contributed by atoms with Crippen LogP contribution in [0.4, 0.5) is 0 Å². The molecule has 4 rings (SSSR count). The monoisotopic (exact) mass is 378 g/mol. The van der Waals surface area contributed by atoms with E-state index < -0.39 is 12.2 Å². The van der Waals surface area contributed by atoms with Gasteiger partial charge in [-0.2, -0.15) is 0 Å². The van der Waals surface area contributed by atoms with Gasteiger partial charge in [0.15, 0.2) is 11.4 Å². The smallest absolute Gasteiger partial charge is 0.277 e. The maximum absolute atomic E-state index is 13.1. The molecule has 28 heavy (non-hydrogen) atoms. The lowest BCUT2D eigenvalue weighted by atomic mass is 9.97. The van der Waals surface area contributed by atoms with Crippen molar-refractivity contribution in [3.8, 4) is 5.75 Å². The average Bonchev–Trinajstić information content (AvgIpc) is 2.72. The molecule has 3 heterocycles. The molecule has 0 radical (unpaired) electrons. The molecule has 9 nitrogen and oxygen atoms in total. The Kier molecular flexibility index (Phi) is 4.29. The molecule has 0 fully saturated rings. The highest BCUT2D eigenvalue weighted by atomic mass is 16.5. The summed E-state index contributed by atoms with van der Waals surface area (Å²) in [6.07, 6.45) is 4.75. The van der Waals surface area contributed by atoms with E-state index >= 15 is 0 Å². The molecule has 0 unspecified atom stereocenters. The van der Waals surface area contributed by atoms with Crippen LogP contribution in [0.5, 0.6) is 5.75 Å². The summed E-state index contributed by atoms with van der Waals surface area (Å²) in [4.78, 5) is 29.8. The van der Waals surface area contributed by atoms with Crippen molar-refractivity contribution in [2.75, 3.05) is 19.2 Å². The molecule has 9 heteroatoms. The summed E-state index contributed by atoms with van der Waals surface area (Å²) in [5.74, 6) is -0.393. The summed E-state index contributed by atoms with van der Waals surface area (Å²) in [5, 5.41) is 5.79. The van der Waals surface area contributed by atoms with Gasteiger partial charge < -0.3 is 9.64 Å². The Morgan fingerprint density at radius 2 is 1.89 bits per heavy atom. The Bertz CT molecular complexity index is 1060. The van der Waals surface area contributed by atoms with Gasteiger partial charge in [0.2, 0.25) is 5.43 Å². The largest absolute Gasteiger partial charge is 0.491 e. The van der Waals surface area contributed by atoms with Crippen LogP contribution in [-0.2, 0) is 0 Å². The third kappa shape index (κ3) is 2.52. The number of likely N-dealkylation sites (N-methyl/N-ethyl adjacent to an activating group) is 1. The standard InChI is InChI=1S/C19H18N6O3/c1-23-18-13(21-22-20)8-9-14(12-6-4-3-5-7-12)25(18)24-11-10-15(26)17(28-2)16(24)19(23)27/h3-11,13-14,18H,1-2H3/t13-,14-,18-/m0/s1. The van der Waals surface area contributed by atoms with Crippen LogP contribution >= 0.6 is 0 Å². The van der Waals surface area contributed by atoms with Gasteiger partial charge in [0, 0.05) is 24.2 Å². The molecule has 0 N–H and O–H groups in total. The van der Waals surface area contributed by atoms with Gasteiger partial charge in [-0.1, -0.05) is 47.6 Å². The Balaban J connectivity index is 1.99. The second-order valence-corrected chi connectivity index (χ2v) is 6.55. The van der Waals surface area contributed by atoms with Gasteiger partial charge in [0.05, 0.1) is 19.2 Å². The van der Waals surface area contributed by atoms with E-state index in [-0.39, 0.29) is 28.8 Å². The summed E-state index contributed by atoms with van der Waals surface area (Å²) in [6, 6.07) is 10.3. The van der Waals surface area contributed by atoms with Crippen LogP contribution in [0.3, 0.4) is 0 Å². The lowest BCUT2D eigenvalue weighted by molar-refractivity contribution is 0.0592. The number of nitrogens with zero attached hydrogens (tertiary/aromatic N) is 6. The van der Waals surface area contributed by atoms with Crippen molar-refractivity contribution in [3.63, 3.8) is 0 Å². The van der Waals surface area contributed by atoms with Gasteiger partial charge in [-0.05, 0) is 11.1 Å². The molecule has 2 aromatic rings. The summed E-state index contributed by atoms with van der Waals surface area (Å²) in [6.45, 7) is 0. The first-order chi connectivity index (χ1) is 13.6. The van der Waals surface area contributed by atoms with Crippen LogP contribution in [0.1, 0.15) is 22.1 Å². The minimum absolute atomic E-state index is 0.0144. The predicted molar refractivity (Wildman–Crippen MR) is 103 cm³/mol. The molecule has 1 aromatic heterocycles. The van der Waals surface area contributed by atoms with Crippen LogP contribution in [0.2, 0.25) is 0 Å². The SMILES string of the molecule is COc1c2n(ccc1=O)N1[C@H](c3ccccc3)C=C[C@H](N=[N+]=[N-])[C@H]1N(C)C2=O. The van der Waals surface area contributed by atoms with Crippen LogP contribution in [0.15, 0.2) is 64.7 Å². The van der Waals surface area contributed by atoms with Gasteiger partial charge in [-0.15, -0.1) is 0 Å². The van der Waals surface area contributed by atoms with E-state index in [9.17, 15) is 9.59 Å². The number of hydrogen-bond donors (Lipinski definition) is 0. The highest BCUT2D eigenvalue weighted by molar-refractivity contribution is 5.96. The summed E-state index contributed by atoms with van der Waals surface area (Å²) in [7, 11) is 2.99. The van der Waals surface area contributed by atoms with Gasteiger partial charge in [0.25, 0.3) is 5.91 Å². The molecule has 2 aliphatic heterocycles. The zero-order valence-corrected chi connectivity index (χ0v) is 15.3. The summed E-state index contributed by atoms with van der Waals surface area (Å²) < 4.78 is 6.88. The number of carbonyl (C=O) groups is 1. The number of fused-ring (bicyclic) bond motifs is 3. The summed E-state index contributed by atoms with van der Waals surface area (Å²) in [5.41, 5.74) is 9.76. The van der Waals surface area contributed by atoms with Crippen LogP contribution in [-0.4, -0.2) is 41.8 Å². The molecule has 3 atom stereocenters. The molecular formula is C19H18N6O3. The van der Waals surface area contributed by atoms with Crippen LogP contribution < -0.4 is 15.2 Å². The second kappa shape index (κ2) is 6.79. The molecule has 0 spiro atoms. The fourth-order valence-corrected chi connectivity index (χ4v) is 3.85. The second-order valence-electron chi connectivity index (χ2n) is 6.55. The minimum Gasteiger partial charge on any atom is -0.491 e. The molecule has 2 aliphatic rings. The van der Waals surface area contributed by atoms with E-state index in [0.29, 0.717) is 0 Å².